The molecular weight excluding hydrogens is 456 g/mol. The van der Waals surface area contributed by atoms with Crippen LogP contribution >= 0.6 is 11.3 Å². The zero-order valence-electron chi connectivity index (χ0n) is 18.0. The molecule has 3 bridgehead atoms. The molecule has 2 atom stereocenters. The van der Waals surface area contributed by atoms with Gasteiger partial charge in [-0.2, -0.15) is 0 Å². The first-order valence-electron chi connectivity index (χ1n) is 10.8. The molecule has 2 aromatic carbocycles. The third-order valence-corrected chi connectivity index (χ3v) is 7.14. The molecule has 174 valence electrons. The van der Waals surface area contributed by atoms with Crippen molar-refractivity contribution in [3.8, 4) is 0 Å². The maximum absolute atomic E-state index is 12.6. The van der Waals surface area contributed by atoms with Crippen LogP contribution in [0.2, 0.25) is 0 Å². The van der Waals surface area contributed by atoms with Crippen LogP contribution in [0.15, 0.2) is 60.7 Å². The minimum absolute atomic E-state index is 0.0629. The number of carboxylic acid groups (broad SMARTS) is 1. The number of ketones is 1. The summed E-state index contributed by atoms with van der Waals surface area (Å²) in [6.07, 6.45) is -1.18. The molecule has 8 nitrogen and oxygen atoms in total. The Morgan fingerprint density at radius 2 is 1.59 bits per heavy atom. The lowest BCUT2D eigenvalue weighted by atomic mass is 9.93. The predicted molar refractivity (Wildman–Crippen MR) is 123 cm³/mol. The van der Waals surface area contributed by atoms with Crippen molar-refractivity contribution >= 4 is 29.0 Å². The summed E-state index contributed by atoms with van der Waals surface area (Å²) in [7, 11) is 0. The summed E-state index contributed by atoms with van der Waals surface area (Å²) in [5.41, 5.74) is 2.34. The van der Waals surface area contributed by atoms with Crippen LogP contribution < -0.4 is 10.6 Å². The van der Waals surface area contributed by atoms with Crippen LogP contribution in [0.1, 0.15) is 47.6 Å². The fourth-order valence-corrected chi connectivity index (χ4v) is 5.58. The number of amides is 1. The largest absolute Gasteiger partial charge is 0.478 e. The van der Waals surface area contributed by atoms with E-state index in [1.807, 2.05) is 60.7 Å². The van der Waals surface area contributed by atoms with Crippen LogP contribution in [0.25, 0.3) is 0 Å². The van der Waals surface area contributed by atoms with E-state index >= 15 is 0 Å². The number of ether oxygens (including phenoxy) is 2. The van der Waals surface area contributed by atoms with Gasteiger partial charge in [-0.25, -0.2) is 4.79 Å². The first kappa shape index (κ1) is 22.4. The highest BCUT2D eigenvalue weighted by Gasteiger charge is 2.43. The number of rotatable bonds is 8. The summed E-state index contributed by atoms with van der Waals surface area (Å²) in [5, 5.41) is 15.8. The summed E-state index contributed by atoms with van der Waals surface area (Å²) in [6, 6.07) is 18.7. The number of thiophene rings is 1. The van der Waals surface area contributed by atoms with Crippen molar-refractivity contribution < 1.29 is 29.0 Å². The molecule has 5 rings (SSSR count). The van der Waals surface area contributed by atoms with E-state index in [2.05, 4.69) is 10.6 Å². The molecule has 0 radical (unpaired) electrons. The van der Waals surface area contributed by atoms with E-state index in [0.29, 0.717) is 10.4 Å². The quantitative estimate of drug-likeness (QED) is 0.337. The second-order valence-corrected chi connectivity index (χ2v) is 9.17. The predicted octanol–water partition coefficient (Wildman–Crippen LogP) is 3.03. The lowest BCUT2D eigenvalue weighted by molar-refractivity contribution is -0.177. The van der Waals surface area contributed by atoms with E-state index in [9.17, 15) is 19.5 Å². The van der Waals surface area contributed by atoms with E-state index in [1.165, 1.54) is 0 Å². The molecule has 0 aliphatic carbocycles. The zero-order valence-corrected chi connectivity index (χ0v) is 18.8. The van der Waals surface area contributed by atoms with E-state index < -0.39 is 36.2 Å². The standard InChI is InChI=1S/C25H22N2O6S/c28-20-22-18(24(30)31)16-11-17(27-23(20)29)26-19(21(16)34-22)25(32-12-14-7-3-1-4-8-14)33-13-15-9-5-2-6-10-15/h1-10,17,19,25-26H,11-13H2,(H,27,29)(H,30,31)/t17-,19+/m1/s1. The molecule has 3 heterocycles. The smallest absolute Gasteiger partial charge is 0.337 e. The Kier molecular flexibility index (Phi) is 6.25. The summed E-state index contributed by atoms with van der Waals surface area (Å²) in [4.78, 5) is 37.6. The van der Waals surface area contributed by atoms with Crippen molar-refractivity contribution in [2.45, 2.75) is 38.1 Å². The number of hydrogen-bond acceptors (Lipinski definition) is 7. The Morgan fingerprint density at radius 1 is 1.00 bits per heavy atom. The minimum Gasteiger partial charge on any atom is -0.478 e. The van der Waals surface area contributed by atoms with Crippen molar-refractivity contribution in [1.82, 2.24) is 10.6 Å². The lowest BCUT2D eigenvalue weighted by Crippen LogP contribution is -2.55. The van der Waals surface area contributed by atoms with Crippen LogP contribution in [0, 0.1) is 0 Å². The van der Waals surface area contributed by atoms with Crippen molar-refractivity contribution in [3.63, 3.8) is 0 Å². The van der Waals surface area contributed by atoms with Gasteiger partial charge in [0.2, 0.25) is 0 Å². The van der Waals surface area contributed by atoms with Crippen LogP contribution in [-0.2, 0) is 33.9 Å². The minimum atomic E-state index is -1.22. The fourth-order valence-electron chi connectivity index (χ4n) is 4.25. The molecule has 1 aromatic heterocycles. The summed E-state index contributed by atoms with van der Waals surface area (Å²) < 4.78 is 12.4. The summed E-state index contributed by atoms with van der Waals surface area (Å²) in [6.45, 7) is 0.543. The normalized spacial score (nSPS) is 19.1. The van der Waals surface area contributed by atoms with Crippen molar-refractivity contribution in [1.29, 1.82) is 0 Å². The van der Waals surface area contributed by atoms with Crippen molar-refractivity contribution in [2.24, 2.45) is 0 Å². The number of carbonyl (C=O) groups is 3. The van der Waals surface area contributed by atoms with Gasteiger partial charge in [0.15, 0.2) is 6.29 Å². The van der Waals surface area contributed by atoms with E-state index in [-0.39, 0.29) is 30.1 Å². The van der Waals surface area contributed by atoms with Gasteiger partial charge in [-0.05, 0) is 16.7 Å². The Bertz CT molecular complexity index is 1180. The highest BCUT2D eigenvalue weighted by Crippen LogP contribution is 2.41. The van der Waals surface area contributed by atoms with Crippen LogP contribution in [0.3, 0.4) is 0 Å². The Morgan fingerprint density at radius 3 is 2.15 bits per heavy atom. The molecule has 1 amide bonds. The van der Waals surface area contributed by atoms with Crippen molar-refractivity contribution in [2.75, 3.05) is 0 Å². The van der Waals surface area contributed by atoms with Gasteiger partial charge in [0.25, 0.3) is 11.7 Å². The number of hydrogen-bond donors (Lipinski definition) is 3. The Hall–Kier alpha value is -3.37. The van der Waals surface area contributed by atoms with Gasteiger partial charge in [0.1, 0.15) is 0 Å². The average molecular weight is 479 g/mol. The molecule has 3 aromatic rings. The molecule has 0 saturated carbocycles. The number of fused-ring (bicyclic) bond motifs is 2. The SMILES string of the molecule is O=C1N[C@@H]2Cc3c(sc(c3C(=O)O)C1=O)[C@@H](C(OCc1ccccc1)OCc1ccccc1)N2. The molecule has 2 aliphatic heterocycles. The fraction of sp³-hybridized carbons (Fsp3) is 0.240. The number of nitrogens with one attached hydrogen (secondary N) is 2. The second-order valence-electron chi connectivity index (χ2n) is 8.12. The maximum atomic E-state index is 12.6. The third kappa shape index (κ3) is 4.38. The van der Waals surface area contributed by atoms with Gasteiger partial charge in [-0.15, -0.1) is 11.3 Å². The average Bonchev–Trinajstić information content (AvgIpc) is 3.26. The van der Waals surface area contributed by atoms with Gasteiger partial charge in [0, 0.05) is 11.3 Å². The summed E-state index contributed by atoms with van der Waals surface area (Å²) >= 11 is 1.02. The molecule has 0 saturated heterocycles. The van der Waals surface area contributed by atoms with E-state index in [4.69, 9.17) is 9.47 Å². The summed E-state index contributed by atoms with van der Waals surface area (Å²) in [5.74, 6) is -2.89. The molecular formula is C25H22N2O6S. The van der Waals surface area contributed by atoms with Crippen LogP contribution in [0.4, 0.5) is 0 Å². The number of Topliss-reactive ketones (excluding diaryl/α,β-unsaturated/α-hetero) is 1. The number of carboxylic acids is 1. The topological polar surface area (TPSA) is 114 Å². The van der Waals surface area contributed by atoms with Gasteiger partial charge >= 0.3 is 5.97 Å². The van der Waals surface area contributed by atoms with Crippen LogP contribution in [-0.4, -0.2) is 35.2 Å². The first-order valence-corrected chi connectivity index (χ1v) is 11.6. The van der Waals surface area contributed by atoms with Gasteiger partial charge in [-0.3, -0.25) is 14.9 Å². The zero-order chi connectivity index (χ0) is 23.7. The number of aromatic carboxylic acids is 1. The molecule has 9 heteroatoms. The molecule has 2 aliphatic rings. The number of benzene rings is 2. The molecule has 0 spiro atoms. The number of carbonyl (C=O) groups excluding carboxylic acids is 2. The second kappa shape index (κ2) is 9.47. The monoisotopic (exact) mass is 478 g/mol. The highest BCUT2D eigenvalue weighted by atomic mass is 32.1. The van der Waals surface area contributed by atoms with Gasteiger partial charge < -0.3 is 19.9 Å². The van der Waals surface area contributed by atoms with E-state index in [1.54, 1.807) is 0 Å². The van der Waals surface area contributed by atoms with Gasteiger partial charge in [0.05, 0.1) is 35.9 Å². The van der Waals surface area contributed by atoms with Gasteiger partial charge in [-0.1, -0.05) is 60.7 Å². The highest BCUT2D eigenvalue weighted by molar-refractivity contribution is 7.15. The first-order chi connectivity index (χ1) is 16.5. The maximum Gasteiger partial charge on any atom is 0.337 e. The molecule has 0 unspecified atom stereocenters. The Labute approximate surface area is 199 Å². The molecule has 3 N–H and O–H groups in total. The Balaban J connectivity index is 1.50. The van der Waals surface area contributed by atoms with E-state index in [0.717, 1.165) is 22.5 Å². The molecule has 34 heavy (non-hydrogen) atoms. The lowest BCUT2D eigenvalue weighted by Gasteiger charge is -2.36. The van der Waals surface area contributed by atoms with Crippen molar-refractivity contribution in [3.05, 3.63) is 92.7 Å². The van der Waals surface area contributed by atoms with Crippen LogP contribution in [0.5, 0.6) is 0 Å². The molecule has 0 fully saturated rings. The third-order valence-electron chi connectivity index (χ3n) is 5.83.